The van der Waals surface area contributed by atoms with Gasteiger partial charge in [-0.15, -0.1) is 0 Å². The first-order valence-electron chi connectivity index (χ1n) is 7.85. The van der Waals surface area contributed by atoms with Crippen LogP contribution in [-0.4, -0.2) is 40.3 Å². The van der Waals surface area contributed by atoms with Gasteiger partial charge in [-0.2, -0.15) is 4.31 Å². The molecule has 0 saturated carbocycles. The molecule has 1 aromatic carbocycles. The van der Waals surface area contributed by atoms with Gasteiger partial charge in [0.2, 0.25) is 20.0 Å². The highest BCUT2D eigenvalue weighted by Gasteiger charge is 2.23. The predicted molar refractivity (Wildman–Crippen MR) is 91.2 cm³/mol. The van der Waals surface area contributed by atoms with E-state index in [-0.39, 0.29) is 15.8 Å². The Kier molecular flexibility index (Phi) is 7.19. The van der Waals surface area contributed by atoms with Crippen LogP contribution in [0.2, 0.25) is 0 Å². The highest BCUT2D eigenvalue weighted by atomic mass is 32.2. The van der Waals surface area contributed by atoms with E-state index in [1.54, 1.807) is 13.8 Å². The molecule has 0 aromatic heterocycles. The number of nitrogens with one attached hydrogen (secondary N) is 1. The molecule has 0 fully saturated rings. The molecule has 0 aliphatic heterocycles. The minimum atomic E-state index is -3.64. The Morgan fingerprint density at radius 2 is 1.30 bits per heavy atom. The summed E-state index contributed by atoms with van der Waals surface area (Å²) in [5.41, 5.74) is 0. The summed E-state index contributed by atoms with van der Waals surface area (Å²) in [5.74, 6) is 0. The molecule has 8 heteroatoms. The molecular formula is C15H26N2O4S2. The monoisotopic (exact) mass is 362 g/mol. The molecule has 0 saturated heterocycles. The van der Waals surface area contributed by atoms with Gasteiger partial charge >= 0.3 is 0 Å². The molecule has 0 amide bonds. The maximum Gasteiger partial charge on any atom is 0.243 e. The van der Waals surface area contributed by atoms with Crippen molar-refractivity contribution in [1.29, 1.82) is 0 Å². The highest BCUT2D eigenvalue weighted by Crippen LogP contribution is 2.18. The number of sulfonamides is 2. The smallest absolute Gasteiger partial charge is 0.208 e. The summed E-state index contributed by atoms with van der Waals surface area (Å²) in [4.78, 5) is 0.172. The van der Waals surface area contributed by atoms with E-state index in [0.29, 0.717) is 25.9 Å². The fourth-order valence-corrected chi connectivity index (χ4v) is 5.11. The molecule has 6 nitrogen and oxygen atoms in total. The Morgan fingerprint density at radius 1 is 0.870 bits per heavy atom. The molecule has 0 spiro atoms. The molecule has 0 aliphatic rings. The Hall–Kier alpha value is -0.960. The van der Waals surface area contributed by atoms with Crippen LogP contribution < -0.4 is 4.72 Å². The third-order valence-electron chi connectivity index (χ3n) is 3.78. The first-order chi connectivity index (χ1) is 10.7. The second-order valence-electron chi connectivity index (χ2n) is 5.20. The van der Waals surface area contributed by atoms with Crippen LogP contribution in [0.25, 0.3) is 0 Å². The van der Waals surface area contributed by atoms with Gasteiger partial charge in [-0.05, 0) is 37.1 Å². The lowest BCUT2D eigenvalue weighted by Gasteiger charge is -2.19. The largest absolute Gasteiger partial charge is 0.243 e. The van der Waals surface area contributed by atoms with Crippen molar-refractivity contribution in [3.8, 4) is 0 Å². The summed E-state index contributed by atoms with van der Waals surface area (Å²) >= 11 is 0. The Balaban J connectivity index is 3.09. The zero-order valence-corrected chi connectivity index (χ0v) is 15.7. The fourth-order valence-electron chi connectivity index (χ4n) is 2.25. The lowest BCUT2D eigenvalue weighted by atomic mass is 10.2. The first kappa shape index (κ1) is 20.1. The summed E-state index contributed by atoms with van der Waals surface area (Å²) in [7, 11) is -7.21. The number of hydrogen-bond acceptors (Lipinski definition) is 4. The Morgan fingerprint density at radius 3 is 1.70 bits per heavy atom. The summed E-state index contributed by atoms with van der Waals surface area (Å²) in [6.07, 6.45) is 1.40. The summed E-state index contributed by atoms with van der Waals surface area (Å²) in [6.45, 7) is 8.09. The molecule has 1 rings (SSSR count). The molecule has 1 N–H and O–H groups in total. The average molecular weight is 363 g/mol. The molecule has 0 heterocycles. The number of nitrogens with zero attached hydrogens (tertiary/aromatic N) is 1. The first-order valence-corrected chi connectivity index (χ1v) is 10.8. The molecule has 0 radical (unpaired) electrons. The number of rotatable bonds is 9. The predicted octanol–water partition coefficient (Wildman–Crippen LogP) is 2.18. The van der Waals surface area contributed by atoms with E-state index in [1.165, 1.54) is 28.6 Å². The van der Waals surface area contributed by atoms with Gasteiger partial charge in [0.15, 0.2) is 0 Å². The van der Waals surface area contributed by atoms with Crippen LogP contribution in [0.3, 0.4) is 0 Å². The zero-order valence-electron chi connectivity index (χ0n) is 14.1. The van der Waals surface area contributed by atoms with Crippen LogP contribution in [0.1, 0.15) is 40.5 Å². The van der Waals surface area contributed by atoms with Gasteiger partial charge in [-0.1, -0.05) is 27.7 Å². The standard InChI is InChI=1S/C15H26N2O4S2/c1-5-13(6-2)16-22(18,19)14-9-11-15(12-10-14)23(20,21)17(7-3)8-4/h9-13,16H,5-8H2,1-4H3. The zero-order chi connectivity index (χ0) is 17.7. The molecule has 0 bridgehead atoms. The average Bonchev–Trinajstić information content (AvgIpc) is 2.53. The molecular weight excluding hydrogens is 336 g/mol. The van der Waals surface area contributed by atoms with Crippen LogP contribution in [0, 0.1) is 0 Å². The van der Waals surface area contributed by atoms with Crippen molar-refractivity contribution in [3.05, 3.63) is 24.3 Å². The molecule has 0 atom stereocenters. The van der Waals surface area contributed by atoms with Gasteiger partial charge in [0.05, 0.1) is 9.79 Å². The van der Waals surface area contributed by atoms with Crippen molar-refractivity contribution in [2.75, 3.05) is 13.1 Å². The molecule has 132 valence electrons. The molecule has 1 aromatic rings. The second-order valence-corrected chi connectivity index (χ2v) is 8.85. The third-order valence-corrected chi connectivity index (χ3v) is 7.39. The van der Waals surface area contributed by atoms with Crippen molar-refractivity contribution in [2.24, 2.45) is 0 Å². The van der Waals surface area contributed by atoms with Crippen molar-refractivity contribution < 1.29 is 16.8 Å². The lowest BCUT2D eigenvalue weighted by molar-refractivity contribution is 0.445. The van der Waals surface area contributed by atoms with E-state index in [4.69, 9.17) is 0 Å². The molecule has 0 aliphatic carbocycles. The van der Waals surface area contributed by atoms with Crippen molar-refractivity contribution in [3.63, 3.8) is 0 Å². The topological polar surface area (TPSA) is 83.5 Å². The van der Waals surface area contributed by atoms with Gasteiger partial charge in [0.1, 0.15) is 0 Å². The molecule has 23 heavy (non-hydrogen) atoms. The number of hydrogen-bond donors (Lipinski definition) is 1. The van der Waals surface area contributed by atoms with E-state index in [2.05, 4.69) is 4.72 Å². The highest BCUT2D eigenvalue weighted by molar-refractivity contribution is 7.89. The maximum absolute atomic E-state index is 12.4. The van der Waals surface area contributed by atoms with E-state index < -0.39 is 20.0 Å². The summed E-state index contributed by atoms with van der Waals surface area (Å²) < 4.78 is 53.3. The fraction of sp³-hybridized carbons (Fsp3) is 0.600. The van der Waals surface area contributed by atoms with Crippen molar-refractivity contribution >= 4 is 20.0 Å². The van der Waals surface area contributed by atoms with Gasteiger partial charge in [0, 0.05) is 19.1 Å². The van der Waals surface area contributed by atoms with Gasteiger partial charge in [-0.25, -0.2) is 21.6 Å². The summed E-state index contributed by atoms with van der Waals surface area (Å²) in [6, 6.07) is 5.23. The van der Waals surface area contributed by atoms with E-state index in [1.807, 2.05) is 13.8 Å². The normalized spacial score (nSPS) is 13.0. The van der Waals surface area contributed by atoms with Crippen molar-refractivity contribution in [2.45, 2.75) is 56.4 Å². The van der Waals surface area contributed by atoms with Crippen LogP contribution in [0.4, 0.5) is 0 Å². The van der Waals surface area contributed by atoms with Gasteiger partial charge < -0.3 is 0 Å². The van der Waals surface area contributed by atoms with Gasteiger partial charge in [0.25, 0.3) is 0 Å². The SMILES string of the molecule is CCC(CC)NS(=O)(=O)c1ccc(S(=O)(=O)N(CC)CC)cc1. The Bertz CT molecular complexity index is 689. The Labute approximate surface area is 140 Å². The van der Waals surface area contributed by atoms with Crippen LogP contribution in [0.5, 0.6) is 0 Å². The second kappa shape index (κ2) is 8.23. The molecule has 0 unspecified atom stereocenters. The van der Waals surface area contributed by atoms with Crippen LogP contribution in [0.15, 0.2) is 34.1 Å². The summed E-state index contributed by atoms with van der Waals surface area (Å²) in [5, 5.41) is 0. The van der Waals surface area contributed by atoms with E-state index >= 15 is 0 Å². The maximum atomic E-state index is 12.4. The number of benzene rings is 1. The third kappa shape index (κ3) is 4.76. The minimum Gasteiger partial charge on any atom is -0.208 e. The van der Waals surface area contributed by atoms with Crippen LogP contribution >= 0.6 is 0 Å². The minimum absolute atomic E-state index is 0.0721. The van der Waals surface area contributed by atoms with Crippen molar-refractivity contribution in [1.82, 2.24) is 9.03 Å². The van der Waals surface area contributed by atoms with Gasteiger partial charge in [-0.3, -0.25) is 0 Å². The quantitative estimate of drug-likeness (QED) is 0.730. The lowest BCUT2D eigenvalue weighted by Crippen LogP contribution is -2.34. The van der Waals surface area contributed by atoms with E-state index in [9.17, 15) is 16.8 Å². The van der Waals surface area contributed by atoms with Crippen LogP contribution in [-0.2, 0) is 20.0 Å². The van der Waals surface area contributed by atoms with E-state index in [0.717, 1.165) is 0 Å².